The van der Waals surface area contributed by atoms with E-state index in [0.29, 0.717) is 22.8 Å². The molecule has 1 heterocycles. The Bertz CT molecular complexity index is 919. The van der Waals surface area contributed by atoms with E-state index in [1.54, 1.807) is 20.2 Å². The van der Waals surface area contributed by atoms with Crippen LogP contribution in [-0.4, -0.2) is 35.0 Å². The van der Waals surface area contributed by atoms with Crippen molar-refractivity contribution in [2.45, 2.75) is 26.2 Å². The van der Waals surface area contributed by atoms with Gasteiger partial charge in [0.25, 0.3) is 11.8 Å². The van der Waals surface area contributed by atoms with Gasteiger partial charge in [-0.2, -0.15) is 4.98 Å². The predicted molar refractivity (Wildman–Crippen MR) is 102 cm³/mol. The highest BCUT2D eigenvalue weighted by atomic mass is 16.5. The zero-order valence-electron chi connectivity index (χ0n) is 15.8. The van der Waals surface area contributed by atoms with Crippen LogP contribution in [0.3, 0.4) is 0 Å². The summed E-state index contributed by atoms with van der Waals surface area (Å²) < 4.78 is 5.44. The zero-order chi connectivity index (χ0) is 18.9. The molecule has 0 aliphatic heterocycles. The van der Waals surface area contributed by atoms with E-state index in [1.807, 2.05) is 30.3 Å². The van der Waals surface area contributed by atoms with Crippen molar-refractivity contribution >= 4 is 5.91 Å². The number of benzene rings is 2. The van der Waals surface area contributed by atoms with Crippen LogP contribution in [0.4, 0.5) is 0 Å². The van der Waals surface area contributed by atoms with E-state index in [0.717, 1.165) is 5.56 Å². The first kappa shape index (κ1) is 17.9. The van der Waals surface area contributed by atoms with E-state index < -0.39 is 0 Å². The third-order valence-corrected chi connectivity index (χ3v) is 4.23. The van der Waals surface area contributed by atoms with Gasteiger partial charge in [-0.05, 0) is 23.1 Å². The molecule has 3 aromatic rings. The van der Waals surface area contributed by atoms with Crippen LogP contribution in [-0.2, 0) is 5.41 Å². The summed E-state index contributed by atoms with van der Waals surface area (Å²) in [4.78, 5) is 18.4. The normalized spacial score (nSPS) is 11.4. The summed E-state index contributed by atoms with van der Waals surface area (Å²) in [6.45, 7) is 6.52. The van der Waals surface area contributed by atoms with Crippen LogP contribution in [0.25, 0.3) is 22.8 Å². The summed E-state index contributed by atoms with van der Waals surface area (Å²) in [6, 6.07) is 15.4. The molecule has 0 unspecified atom stereocenters. The van der Waals surface area contributed by atoms with Crippen LogP contribution in [0.5, 0.6) is 0 Å². The highest BCUT2D eigenvalue weighted by Crippen LogP contribution is 2.28. The quantitative estimate of drug-likeness (QED) is 0.703. The lowest BCUT2D eigenvalue weighted by molar-refractivity contribution is 0.0828. The molecule has 0 atom stereocenters. The average Bonchev–Trinajstić information content (AvgIpc) is 3.10. The highest BCUT2D eigenvalue weighted by Gasteiger charge is 2.19. The summed E-state index contributed by atoms with van der Waals surface area (Å²) in [5, 5.41) is 4.09. The second-order valence-corrected chi connectivity index (χ2v) is 7.50. The van der Waals surface area contributed by atoms with Crippen molar-refractivity contribution in [3.63, 3.8) is 0 Å². The molecule has 1 aromatic heterocycles. The molecule has 0 aliphatic rings. The number of nitrogens with zero attached hydrogens (tertiary/aromatic N) is 3. The highest BCUT2D eigenvalue weighted by molar-refractivity contribution is 5.99. The fourth-order valence-corrected chi connectivity index (χ4v) is 2.67. The summed E-state index contributed by atoms with van der Waals surface area (Å²) in [5.41, 5.74) is 3.38. The maximum Gasteiger partial charge on any atom is 0.259 e. The van der Waals surface area contributed by atoms with Gasteiger partial charge in [0.05, 0.1) is 11.1 Å². The van der Waals surface area contributed by atoms with Gasteiger partial charge < -0.3 is 9.42 Å². The second kappa shape index (κ2) is 6.75. The monoisotopic (exact) mass is 349 g/mol. The topological polar surface area (TPSA) is 59.2 Å². The predicted octanol–water partition coefficient (Wildman–Crippen LogP) is 4.40. The Labute approximate surface area is 153 Å². The zero-order valence-corrected chi connectivity index (χ0v) is 15.8. The Balaban J connectivity index is 1.95. The van der Waals surface area contributed by atoms with Gasteiger partial charge in [0.2, 0.25) is 5.82 Å². The number of aromatic nitrogens is 2. The lowest BCUT2D eigenvalue weighted by atomic mass is 9.87. The van der Waals surface area contributed by atoms with Crippen molar-refractivity contribution in [2.24, 2.45) is 0 Å². The van der Waals surface area contributed by atoms with Crippen molar-refractivity contribution in [1.82, 2.24) is 15.0 Å². The van der Waals surface area contributed by atoms with E-state index in [-0.39, 0.29) is 11.3 Å². The van der Waals surface area contributed by atoms with Crippen molar-refractivity contribution in [2.75, 3.05) is 14.1 Å². The fraction of sp³-hybridized carbons (Fsp3) is 0.286. The first-order valence-corrected chi connectivity index (χ1v) is 8.53. The number of amides is 1. The van der Waals surface area contributed by atoms with Gasteiger partial charge >= 0.3 is 0 Å². The summed E-state index contributed by atoms with van der Waals surface area (Å²) in [6.07, 6.45) is 0. The van der Waals surface area contributed by atoms with Gasteiger partial charge in [-0.1, -0.05) is 62.3 Å². The second-order valence-electron chi connectivity index (χ2n) is 7.50. The molecular formula is C21H23N3O2. The van der Waals surface area contributed by atoms with E-state index in [2.05, 4.69) is 43.0 Å². The van der Waals surface area contributed by atoms with Gasteiger partial charge in [-0.25, -0.2) is 0 Å². The van der Waals surface area contributed by atoms with Crippen LogP contribution in [0.15, 0.2) is 53.1 Å². The van der Waals surface area contributed by atoms with Crippen LogP contribution in [0, 0.1) is 0 Å². The molecule has 5 heteroatoms. The van der Waals surface area contributed by atoms with Crippen molar-refractivity contribution in [3.05, 3.63) is 59.7 Å². The van der Waals surface area contributed by atoms with E-state index in [9.17, 15) is 4.79 Å². The molecule has 5 nitrogen and oxygen atoms in total. The molecule has 1 amide bonds. The van der Waals surface area contributed by atoms with Gasteiger partial charge in [0, 0.05) is 19.7 Å². The Morgan fingerprint density at radius 2 is 1.65 bits per heavy atom. The largest absolute Gasteiger partial charge is 0.345 e. The third kappa shape index (κ3) is 3.52. The van der Waals surface area contributed by atoms with Crippen LogP contribution >= 0.6 is 0 Å². The van der Waals surface area contributed by atoms with Crippen molar-refractivity contribution in [3.8, 4) is 22.8 Å². The minimum atomic E-state index is -0.102. The van der Waals surface area contributed by atoms with E-state index in [1.165, 1.54) is 10.5 Å². The lowest BCUT2D eigenvalue weighted by Gasteiger charge is -2.18. The fourth-order valence-electron chi connectivity index (χ4n) is 2.67. The Kier molecular flexibility index (Phi) is 4.64. The van der Waals surface area contributed by atoms with Crippen molar-refractivity contribution in [1.29, 1.82) is 0 Å². The Morgan fingerprint density at radius 3 is 2.27 bits per heavy atom. The van der Waals surface area contributed by atoms with Gasteiger partial charge in [-0.15, -0.1) is 0 Å². The third-order valence-electron chi connectivity index (χ3n) is 4.23. The minimum Gasteiger partial charge on any atom is -0.345 e. The molecule has 26 heavy (non-hydrogen) atoms. The molecule has 134 valence electrons. The molecule has 0 fully saturated rings. The lowest BCUT2D eigenvalue weighted by Crippen LogP contribution is -2.22. The van der Waals surface area contributed by atoms with E-state index in [4.69, 9.17) is 4.52 Å². The molecule has 0 saturated heterocycles. The van der Waals surface area contributed by atoms with Crippen LogP contribution < -0.4 is 0 Å². The molecule has 0 radical (unpaired) electrons. The number of carbonyl (C=O) groups excluding carboxylic acids is 1. The number of carbonyl (C=O) groups is 1. The number of hydrogen-bond donors (Lipinski definition) is 0. The molecule has 0 bridgehead atoms. The minimum absolute atomic E-state index is 0.0897. The van der Waals surface area contributed by atoms with Gasteiger partial charge in [0.1, 0.15) is 0 Å². The van der Waals surface area contributed by atoms with E-state index >= 15 is 0 Å². The average molecular weight is 349 g/mol. The first-order chi connectivity index (χ1) is 12.3. The summed E-state index contributed by atoms with van der Waals surface area (Å²) >= 11 is 0. The van der Waals surface area contributed by atoms with Crippen LogP contribution in [0.2, 0.25) is 0 Å². The number of rotatable bonds is 3. The SMILES string of the molecule is CN(C)C(=O)c1ccccc1-c1nc(-c2ccc(C(C)(C)C)cc2)no1. The molecular weight excluding hydrogens is 326 g/mol. The molecule has 0 spiro atoms. The Morgan fingerprint density at radius 1 is 1.00 bits per heavy atom. The van der Waals surface area contributed by atoms with Gasteiger partial charge in [0.15, 0.2) is 0 Å². The summed E-state index contributed by atoms with van der Waals surface area (Å²) in [5.74, 6) is 0.744. The van der Waals surface area contributed by atoms with Crippen LogP contribution in [0.1, 0.15) is 36.7 Å². The van der Waals surface area contributed by atoms with Gasteiger partial charge in [-0.3, -0.25) is 4.79 Å². The standard InChI is InChI=1S/C21H23N3O2/c1-21(2,3)15-12-10-14(11-13-15)18-22-19(26-23-18)16-8-6-7-9-17(16)20(25)24(4)5/h6-13H,1-5H3. The summed E-state index contributed by atoms with van der Waals surface area (Å²) in [7, 11) is 3.43. The smallest absolute Gasteiger partial charge is 0.259 e. The van der Waals surface area contributed by atoms with Crippen molar-refractivity contribution < 1.29 is 9.32 Å². The number of hydrogen-bond acceptors (Lipinski definition) is 4. The molecule has 0 N–H and O–H groups in total. The maximum absolute atomic E-state index is 12.4. The Hall–Kier alpha value is -2.95. The first-order valence-electron chi connectivity index (χ1n) is 8.53. The maximum atomic E-state index is 12.4. The molecule has 0 saturated carbocycles. The molecule has 0 aliphatic carbocycles. The molecule has 3 rings (SSSR count). The molecule has 2 aromatic carbocycles.